The molecule has 2 heterocycles. The van der Waals surface area contributed by atoms with Crippen molar-refractivity contribution in [1.29, 1.82) is 0 Å². The van der Waals surface area contributed by atoms with Crippen LogP contribution < -0.4 is 5.73 Å². The number of nitrogens with zero attached hydrogens (tertiary/aromatic N) is 2. The molecule has 0 spiro atoms. The van der Waals surface area contributed by atoms with Gasteiger partial charge in [-0.2, -0.15) is 0 Å². The monoisotopic (exact) mass is 288 g/mol. The van der Waals surface area contributed by atoms with Gasteiger partial charge in [-0.1, -0.05) is 44.5 Å². The first-order chi connectivity index (χ1) is 9.36. The molecule has 0 radical (unpaired) electrons. The first-order valence-electron chi connectivity index (χ1n) is 6.56. The van der Waals surface area contributed by atoms with Gasteiger partial charge in [-0.05, 0) is 11.6 Å². The Morgan fingerprint density at radius 3 is 2.70 bits per heavy atom. The third kappa shape index (κ3) is 2.10. The van der Waals surface area contributed by atoms with Gasteiger partial charge >= 0.3 is 0 Å². The van der Waals surface area contributed by atoms with Crippen molar-refractivity contribution in [3.05, 3.63) is 40.3 Å². The zero-order valence-corrected chi connectivity index (χ0v) is 12.5. The lowest BCUT2D eigenvalue weighted by Crippen LogP contribution is -2.13. The van der Waals surface area contributed by atoms with Gasteiger partial charge in [0.1, 0.15) is 22.5 Å². The molecule has 0 fully saturated rings. The van der Waals surface area contributed by atoms with Gasteiger partial charge in [0, 0.05) is 16.5 Å². The van der Waals surface area contributed by atoms with E-state index in [1.165, 1.54) is 0 Å². The molecular weight excluding hydrogens is 272 g/mol. The van der Waals surface area contributed by atoms with Gasteiger partial charge in [-0.3, -0.25) is 4.99 Å². The third-order valence-corrected chi connectivity index (χ3v) is 3.72. The summed E-state index contributed by atoms with van der Waals surface area (Å²) in [5.41, 5.74) is 9.67. The van der Waals surface area contributed by atoms with Crippen LogP contribution in [-0.4, -0.2) is 15.8 Å². The summed E-state index contributed by atoms with van der Waals surface area (Å²) in [5, 5.41) is 0.571. The number of benzene rings is 1. The van der Waals surface area contributed by atoms with Crippen LogP contribution in [0.1, 0.15) is 37.7 Å². The molecular formula is C15H17ClN4. The molecule has 1 aliphatic heterocycles. The van der Waals surface area contributed by atoms with Crippen molar-refractivity contribution >= 4 is 17.4 Å². The van der Waals surface area contributed by atoms with E-state index >= 15 is 0 Å². The smallest absolute Gasteiger partial charge is 0.134 e. The topological polar surface area (TPSA) is 67.1 Å². The van der Waals surface area contributed by atoms with E-state index in [1.807, 2.05) is 12.1 Å². The maximum atomic E-state index is 6.29. The highest BCUT2D eigenvalue weighted by Gasteiger charge is 2.22. The first kappa shape index (κ1) is 13.2. The van der Waals surface area contributed by atoms with Crippen LogP contribution in [0.4, 0.5) is 0 Å². The van der Waals surface area contributed by atoms with Crippen LogP contribution in [0.5, 0.6) is 0 Å². The van der Waals surface area contributed by atoms with Gasteiger partial charge in [0.05, 0.1) is 6.54 Å². The second-order valence-electron chi connectivity index (χ2n) is 6.07. The number of halogens is 1. The van der Waals surface area contributed by atoms with Gasteiger partial charge < -0.3 is 10.7 Å². The fourth-order valence-electron chi connectivity index (χ4n) is 2.28. The zero-order valence-electron chi connectivity index (χ0n) is 11.8. The van der Waals surface area contributed by atoms with E-state index in [9.17, 15) is 0 Å². The summed E-state index contributed by atoms with van der Waals surface area (Å²) in [6.07, 6.45) is 0. The highest BCUT2D eigenvalue weighted by molar-refractivity contribution is 6.32. The molecule has 2 aromatic rings. The van der Waals surface area contributed by atoms with E-state index in [1.54, 1.807) is 0 Å². The molecule has 5 heteroatoms. The Labute approximate surface area is 123 Å². The number of hydrogen-bond acceptors (Lipinski definition) is 3. The lowest BCUT2D eigenvalue weighted by atomic mass is 9.96. The van der Waals surface area contributed by atoms with Crippen LogP contribution in [0.3, 0.4) is 0 Å². The summed E-state index contributed by atoms with van der Waals surface area (Å²) in [5.74, 6) is 1.49. The van der Waals surface area contributed by atoms with E-state index < -0.39 is 0 Å². The zero-order chi connectivity index (χ0) is 14.5. The number of H-pyrrole nitrogens is 1. The molecule has 0 unspecified atom stereocenters. The Balaban J connectivity index is 2.05. The lowest BCUT2D eigenvalue weighted by Gasteiger charge is -2.13. The number of nitrogens with one attached hydrogen (secondary N) is 1. The van der Waals surface area contributed by atoms with Crippen molar-refractivity contribution in [2.45, 2.75) is 32.7 Å². The van der Waals surface area contributed by atoms with Crippen LogP contribution in [0.2, 0.25) is 5.15 Å². The molecule has 3 rings (SSSR count). The number of aromatic nitrogens is 2. The molecule has 4 nitrogen and oxygen atoms in total. The van der Waals surface area contributed by atoms with E-state index in [-0.39, 0.29) is 5.41 Å². The Hall–Kier alpha value is -1.81. The molecule has 3 N–H and O–H groups in total. The number of hydrogen-bond donors (Lipinski definition) is 2. The fraction of sp³-hybridized carbons (Fsp3) is 0.333. The van der Waals surface area contributed by atoms with Crippen molar-refractivity contribution < 1.29 is 0 Å². The molecule has 0 atom stereocenters. The Kier molecular flexibility index (Phi) is 2.87. The highest BCUT2D eigenvalue weighted by atomic mass is 35.5. The minimum absolute atomic E-state index is 0.0633. The number of rotatable bonds is 1. The average Bonchev–Trinajstić information content (AvgIpc) is 2.93. The van der Waals surface area contributed by atoms with Crippen LogP contribution in [0.15, 0.2) is 23.2 Å². The predicted octanol–water partition coefficient (Wildman–Crippen LogP) is 3.25. The van der Waals surface area contributed by atoms with Crippen LogP contribution >= 0.6 is 11.6 Å². The first-order valence-corrected chi connectivity index (χ1v) is 6.93. The molecule has 1 aromatic heterocycles. The molecule has 0 bridgehead atoms. The number of aliphatic imine (C=N–C) groups is 1. The van der Waals surface area contributed by atoms with Crippen LogP contribution in [0, 0.1) is 0 Å². The number of imidazole rings is 1. The molecule has 104 valence electrons. The fourth-order valence-corrected chi connectivity index (χ4v) is 2.52. The quantitative estimate of drug-likeness (QED) is 0.846. The van der Waals surface area contributed by atoms with Crippen molar-refractivity contribution in [3.8, 4) is 11.3 Å². The van der Waals surface area contributed by atoms with E-state index in [4.69, 9.17) is 17.3 Å². The molecule has 0 amide bonds. The molecule has 20 heavy (non-hydrogen) atoms. The minimum Gasteiger partial charge on any atom is -0.383 e. The molecule has 0 saturated carbocycles. The van der Waals surface area contributed by atoms with Gasteiger partial charge in [0.2, 0.25) is 0 Å². The van der Waals surface area contributed by atoms with Crippen molar-refractivity contribution in [3.63, 3.8) is 0 Å². The SMILES string of the molecule is CC(C)(C)c1nc(-c2ccc3c(c2)CN=C3N)c(Cl)[nH]1. The largest absolute Gasteiger partial charge is 0.383 e. The number of nitrogens with two attached hydrogens (primary N) is 1. The summed E-state index contributed by atoms with van der Waals surface area (Å²) >= 11 is 6.29. The van der Waals surface area contributed by atoms with E-state index in [2.05, 4.69) is 41.8 Å². The maximum Gasteiger partial charge on any atom is 0.134 e. The summed E-state index contributed by atoms with van der Waals surface area (Å²) in [4.78, 5) is 12.0. The molecule has 0 saturated heterocycles. The molecule has 0 aliphatic carbocycles. The van der Waals surface area contributed by atoms with Gasteiger partial charge in [-0.25, -0.2) is 4.98 Å². The Bertz CT molecular complexity index is 707. The highest BCUT2D eigenvalue weighted by Crippen LogP contribution is 2.32. The summed E-state index contributed by atoms with van der Waals surface area (Å²) in [7, 11) is 0. The number of fused-ring (bicyclic) bond motifs is 1. The Morgan fingerprint density at radius 2 is 2.05 bits per heavy atom. The summed E-state index contributed by atoms with van der Waals surface area (Å²) in [6, 6.07) is 6.03. The second-order valence-corrected chi connectivity index (χ2v) is 6.45. The third-order valence-electron chi connectivity index (χ3n) is 3.44. The predicted molar refractivity (Wildman–Crippen MR) is 82.2 cm³/mol. The maximum absolute atomic E-state index is 6.29. The van der Waals surface area contributed by atoms with Crippen molar-refractivity contribution in [1.82, 2.24) is 9.97 Å². The minimum atomic E-state index is -0.0633. The van der Waals surface area contributed by atoms with Gasteiger partial charge in [0.25, 0.3) is 0 Å². The van der Waals surface area contributed by atoms with Crippen molar-refractivity contribution in [2.75, 3.05) is 0 Å². The second kappa shape index (κ2) is 4.35. The number of aromatic amines is 1. The standard InChI is InChI=1S/C15H17ClN4/c1-15(2,3)14-19-11(12(16)20-14)8-4-5-10-9(6-8)7-18-13(10)17/h4-6H,7H2,1-3H3,(H2,17,18)(H,19,20). The molecule has 1 aliphatic rings. The van der Waals surface area contributed by atoms with Crippen molar-refractivity contribution in [2.24, 2.45) is 10.7 Å². The summed E-state index contributed by atoms with van der Waals surface area (Å²) < 4.78 is 0. The van der Waals surface area contributed by atoms with Gasteiger partial charge in [0.15, 0.2) is 0 Å². The van der Waals surface area contributed by atoms with E-state index in [0.29, 0.717) is 17.5 Å². The average molecular weight is 289 g/mol. The molecule has 1 aromatic carbocycles. The normalized spacial score (nSPS) is 14.3. The van der Waals surface area contributed by atoms with E-state index in [0.717, 1.165) is 28.2 Å². The lowest BCUT2D eigenvalue weighted by molar-refractivity contribution is 0.553. The van der Waals surface area contributed by atoms with Crippen LogP contribution in [-0.2, 0) is 12.0 Å². The van der Waals surface area contributed by atoms with Crippen LogP contribution in [0.25, 0.3) is 11.3 Å². The summed E-state index contributed by atoms with van der Waals surface area (Å²) in [6.45, 7) is 6.93. The number of amidine groups is 1. The Morgan fingerprint density at radius 1 is 1.30 bits per heavy atom. The van der Waals surface area contributed by atoms with Gasteiger partial charge in [-0.15, -0.1) is 0 Å².